The SMILES string of the molecule is NC12C=CC=CC1CN(c1cc3c(cc1F)c(=O)c(C(=O)OC(=O)c1cn(C4CC4F)c4cc(F)c(F)cc4c1=O)cn3C1CC1F)C2. The first-order chi connectivity index (χ1) is 22.8. The summed E-state index contributed by atoms with van der Waals surface area (Å²) in [5.41, 5.74) is 2.27. The topological polar surface area (TPSA) is 117 Å². The summed E-state index contributed by atoms with van der Waals surface area (Å²) in [6.45, 7) is 0.661. The molecule has 14 heteroatoms. The van der Waals surface area contributed by atoms with E-state index >= 15 is 4.39 Å². The highest BCUT2D eigenvalue weighted by Gasteiger charge is 2.44. The van der Waals surface area contributed by atoms with Crippen LogP contribution in [0.1, 0.15) is 45.6 Å². The van der Waals surface area contributed by atoms with Crippen LogP contribution in [0.5, 0.6) is 0 Å². The van der Waals surface area contributed by atoms with Gasteiger partial charge in [0.15, 0.2) is 11.6 Å². The Hall–Kier alpha value is -5.11. The Morgan fingerprint density at radius 3 is 1.85 bits per heavy atom. The molecule has 1 saturated heterocycles. The van der Waals surface area contributed by atoms with E-state index in [1.54, 1.807) is 4.90 Å². The number of aromatic nitrogens is 2. The number of nitrogens with two attached hydrogens (primary N) is 1. The smallest absolute Gasteiger partial charge is 0.351 e. The highest BCUT2D eigenvalue weighted by Crippen LogP contribution is 2.43. The molecule has 3 fully saturated rings. The van der Waals surface area contributed by atoms with Crippen molar-refractivity contribution in [1.29, 1.82) is 0 Å². The first-order valence-electron chi connectivity index (χ1n) is 15.2. The van der Waals surface area contributed by atoms with Gasteiger partial charge in [0.1, 0.15) is 29.3 Å². The second kappa shape index (κ2) is 10.4. The number of halogens is 5. The van der Waals surface area contributed by atoms with Gasteiger partial charge in [-0.25, -0.2) is 31.5 Å². The average molecular weight is 665 g/mol. The van der Waals surface area contributed by atoms with Gasteiger partial charge in [-0.3, -0.25) is 9.59 Å². The lowest BCUT2D eigenvalue weighted by Gasteiger charge is -2.26. The number of allylic oxidation sites excluding steroid dienone is 2. The van der Waals surface area contributed by atoms with Crippen molar-refractivity contribution in [3.8, 4) is 0 Å². The maximum Gasteiger partial charge on any atom is 0.351 e. The van der Waals surface area contributed by atoms with Crippen molar-refractivity contribution >= 4 is 39.4 Å². The molecule has 2 aromatic carbocycles. The van der Waals surface area contributed by atoms with E-state index < -0.39 is 86.7 Å². The normalized spacial score (nSPS) is 27.0. The van der Waals surface area contributed by atoms with Crippen LogP contribution in [-0.4, -0.2) is 52.0 Å². The van der Waals surface area contributed by atoms with Crippen LogP contribution in [-0.2, 0) is 4.74 Å². The molecule has 6 unspecified atom stereocenters. The molecule has 246 valence electrons. The number of pyridine rings is 2. The second-order valence-corrected chi connectivity index (χ2v) is 12.8. The van der Waals surface area contributed by atoms with Gasteiger partial charge in [-0.05, 0) is 18.2 Å². The van der Waals surface area contributed by atoms with Crippen LogP contribution in [0.15, 0.2) is 70.6 Å². The molecule has 4 aliphatic rings. The zero-order valence-corrected chi connectivity index (χ0v) is 24.8. The molecule has 3 aliphatic carbocycles. The van der Waals surface area contributed by atoms with Gasteiger partial charge in [0, 0.05) is 61.1 Å². The lowest BCUT2D eigenvalue weighted by atomic mass is 9.85. The van der Waals surface area contributed by atoms with Crippen molar-refractivity contribution in [2.24, 2.45) is 11.7 Å². The highest BCUT2D eigenvalue weighted by atomic mass is 19.2. The zero-order valence-electron chi connectivity index (χ0n) is 24.8. The standard InChI is InChI=1S/C34H25F5N4O5/c35-20-5-16-25(7-21(20)36)42(28-8-23(28)38)12-18(30(16)44)32(46)48-33(47)19-13-43(29-9-24(29)39)26-10-27(22(37)6-17(26)31(19)45)41-11-15-3-1-2-4-34(15,40)14-41/h1-7,10,12-13,15,23-24,28-29H,8-9,11,14,40H2. The predicted molar refractivity (Wildman–Crippen MR) is 164 cm³/mol. The van der Waals surface area contributed by atoms with Gasteiger partial charge in [-0.15, -0.1) is 0 Å². The monoisotopic (exact) mass is 664 g/mol. The maximum atomic E-state index is 15.7. The number of rotatable bonds is 5. The molecule has 2 saturated carbocycles. The lowest BCUT2D eigenvalue weighted by molar-refractivity contribution is 0.0395. The fraction of sp³-hybridized carbons (Fsp3) is 0.294. The summed E-state index contributed by atoms with van der Waals surface area (Å²) in [6, 6.07) is 1.93. The first kappa shape index (κ1) is 30.2. The van der Waals surface area contributed by atoms with E-state index in [4.69, 9.17) is 10.5 Å². The third kappa shape index (κ3) is 4.68. The largest absolute Gasteiger partial charge is 0.385 e. The molecule has 48 heavy (non-hydrogen) atoms. The third-order valence-electron chi connectivity index (χ3n) is 9.65. The number of alkyl halides is 2. The van der Waals surface area contributed by atoms with Crippen LogP contribution in [0.3, 0.4) is 0 Å². The van der Waals surface area contributed by atoms with Crippen LogP contribution in [0.25, 0.3) is 21.8 Å². The number of ether oxygens (including phenoxy) is 1. The van der Waals surface area contributed by atoms with Crippen LogP contribution in [0.2, 0.25) is 0 Å². The number of hydrogen-bond donors (Lipinski definition) is 1. The molecule has 0 spiro atoms. The van der Waals surface area contributed by atoms with E-state index in [-0.39, 0.29) is 47.4 Å². The number of hydrogen-bond acceptors (Lipinski definition) is 7. The average Bonchev–Trinajstić information content (AvgIpc) is 3.93. The molecule has 0 radical (unpaired) electrons. The summed E-state index contributed by atoms with van der Waals surface area (Å²) in [4.78, 5) is 55.0. The molecule has 8 rings (SSSR count). The molecular weight excluding hydrogens is 639 g/mol. The molecular formula is C34H25F5N4O5. The van der Waals surface area contributed by atoms with Crippen molar-refractivity contribution in [3.05, 3.63) is 110 Å². The Morgan fingerprint density at radius 1 is 0.792 bits per heavy atom. The minimum absolute atomic E-state index is 0.0183. The van der Waals surface area contributed by atoms with Crippen LogP contribution < -0.4 is 21.5 Å². The Balaban J connectivity index is 1.17. The summed E-state index contributed by atoms with van der Waals surface area (Å²) in [6.07, 6.45) is 6.70. The van der Waals surface area contributed by atoms with E-state index in [9.17, 15) is 36.7 Å². The fourth-order valence-corrected chi connectivity index (χ4v) is 6.81. The number of benzene rings is 2. The van der Waals surface area contributed by atoms with Gasteiger partial charge in [0.25, 0.3) is 0 Å². The van der Waals surface area contributed by atoms with E-state index in [2.05, 4.69) is 0 Å². The first-order valence-corrected chi connectivity index (χ1v) is 15.2. The van der Waals surface area contributed by atoms with Crippen LogP contribution in [0.4, 0.5) is 27.6 Å². The summed E-state index contributed by atoms with van der Waals surface area (Å²) < 4.78 is 79.6. The van der Waals surface area contributed by atoms with Crippen molar-refractivity contribution < 1.29 is 36.3 Å². The lowest BCUT2D eigenvalue weighted by Crippen LogP contribution is -2.46. The van der Waals surface area contributed by atoms with E-state index in [0.29, 0.717) is 18.7 Å². The summed E-state index contributed by atoms with van der Waals surface area (Å²) in [5.74, 6) is -6.63. The van der Waals surface area contributed by atoms with E-state index in [1.165, 1.54) is 10.6 Å². The third-order valence-corrected chi connectivity index (χ3v) is 9.65. The predicted octanol–water partition coefficient (Wildman–Crippen LogP) is 4.56. The Labute approximate surface area is 267 Å². The number of anilines is 1. The second-order valence-electron chi connectivity index (χ2n) is 12.8. The van der Waals surface area contributed by atoms with Gasteiger partial charge in [-0.2, -0.15) is 0 Å². The van der Waals surface area contributed by atoms with Gasteiger partial charge >= 0.3 is 11.9 Å². The van der Waals surface area contributed by atoms with E-state index in [1.807, 2.05) is 24.3 Å². The summed E-state index contributed by atoms with van der Waals surface area (Å²) in [5, 5.41) is -0.730. The molecule has 2 N–H and O–H groups in total. The van der Waals surface area contributed by atoms with Gasteiger partial charge in [0.2, 0.25) is 10.9 Å². The summed E-state index contributed by atoms with van der Waals surface area (Å²) in [7, 11) is 0. The molecule has 6 atom stereocenters. The van der Waals surface area contributed by atoms with Gasteiger partial charge in [-0.1, -0.05) is 24.3 Å². The summed E-state index contributed by atoms with van der Waals surface area (Å²) >= 11 is 0. The Kier molecular flexibility index (Phi) is 6.58. The van der Waals surface area contributed by atoms with Crippen LogP contribution >= 0.6 is 0 Å². The van der Waals surface area contributed by atoms with E-state index in [0.717, 1.165) is 23.0 Å². The quantitative estimate of drug-likeness (QED) is 0.189. The van der Waals surface area contributed by atoms with Crippen molar-refractivity contribution in [2.45, 2.75) is 42.8 Å². The van der Waals surface area contributed by atoms with Crippen molar-refractivity contribution in [2.75, 3.05) is 18.0 Å². The van der Waals surface area contributed by atoms with Crippen molar-refractivity contribution in [3.63, 3.8) is 0 Å². The Morgan fingerprint density at radius 2 is 1.31 bits per heavy atom. The minimum Gasteiger partial charge on any atom is -0.385 e. The molecule has 0 bridgehead atoms. The molecule has 4 aromatic rings. The zero-order chi connectivity index (χ0) is 33.8. The van der Waals surface area contributed by atoms with Gasteiger partial charge in [0.05, 0.1) is 34.3 Å². The molecule has 2 aromatic heterocycles. The number of esters is 2. The minimum atomic E-state index is -1.54. The molecule has 1 aliphatic heterocycles. The number of fused-ring (bicyclic) bond motifs is 3. The Bertz CT molecular complexity index is 2300. The van der Waals surface area contributed by atoms with Crippen LogP contribution in [0, 0.1) is 23.4 Å². The highest BCUT2D eigenvalue weighted by molar-refractivity contribution is 6.05. The molecule has 0 amide bonds. The number of carbonyl (C=O) groups is 2. The fourth-order valence-electron chi connectivity index (χ4n) is 6.81. The number of nitrogens with zero attached hydrogens (tertiary/aromatic N) is 3. The maximum absolute atomic E-state index is 15.7. The van der Waals surface area contributed by atoms with Gasteiger partial charge < -0.3 is 24.5 Å². The molecule has 9 nitrogen and oxygen atoms in total. The number of carbonyl (C=O) groups excluding carboxylic acids is 2. The molecule has 3 heterocycles. The van der Waals surface area contributed by atoms with Crippen molar-refractivity contribution in [1.82, 2.24) is 9.13 Å².